The van der Waals surface area contributed by atoms with Crippen molar-refractivity contribution in [2.24, 2.45) is 5.92 Å². The minimum atomic E-state index is -3.57. The van der Waals surface area contributed by atoms with Gasteiger partial charge in [-0.2, -0.15) is 0 Å². The molecule has 1 aliphatic heterocycles. The molecule has 5 nitrogen and oxygen atoms in total. The van der Waals surface area contributed by atoms with E-state index in [0.717, 1.165) is 10.0 Å². The molecule has 0 radical (unpaired) electrons. The Kier molecular flexibility index (Phi) is 5.58. The second-order valence-electron chi connectivity index (χ2n) is 6.19. The lowest BCUT2D eigenvalue weighted by molar-refractivity contribution is -0.140. The fourth-order valence-electron chi connectivity index (χ4n) is 2.79. The van der Waals surface area contributed by atoms with Gasteiger partial charge in [-0.3, -0.25) is 9.59 Å². The van der Waals surface area contributed by atoms with Crippen LogP contribution in [-0.2, 0) is 25.8 Å². The maximum Gasteiger partial charge on any atom is 0.310 e. The molecule has 0 N–H and O–H groups in total. The molecule has 1 aliphatic rings. The van der Waals surface area contributed by atoms with Gasteiger partial charge in [-0.1, -0.05) is 40.2 Å². The first-order valence-electron chi connectivity index (χ1n) is 8.12. The summed E-state index contributed by atoms with van der Waals surface area (Å²) in [4.78, 5) is 23.9. The standard InChI is InChI=1S/C19H17BrO5S/c20-16-5-3-14(4-6-16)18(21)11-13-1-7-17(8-2-13)26(23,24)12-15-9-10-25-19(15)22/h1-8,15H,9-12H2/t15-/m1/s1. The summed E-state index contributed by atoms with van der Waals surface area (Å²) in [5.41, 5.74) is 1.33. The quantitative estimate of drug-likeness (QED) is 0.513. The van der Waals surface area contributed by atoms with E-state index in [9.17, 15) is 18.0 Å². The molecule has 0 unspecified atom stereocenters. The van der Waals surface area contributed by atoms with Crippen molar-refractivity contribution in [3.05, 3.63) is 64.1 Å². The summed E-state index contributed by atoms with van der Waals surface area (Å²) in [6.45, 7) is 0.274. The third kappa shape index (κ3) is 4.40. The molecule has 2 aromatic carbocycles. The zero-order valence-corrected chi connectivity index (χ0v) is 16.3. The number of sulfone groups is 1. The molecule has 1 fully saturated rings. The zero-order chi connectivity index (χ0) is 18.7. The van der Waals surface area contributed by atoms with Crippen molar-refractivity contribution in [2.75, 3.05) is 12.4 Å². The van der Waals surface area contributed by atoms with Gasteiger partial charge in [-0.25, -0.2) is 8.42 Å². The van der Waals surface area contributed by atoms with E-state index >= 15 is 0 Å². The lowest BCUT2D eigenvalue weighted by Crippen LogP contribution is -2.20. The Morgan fingerprint density at radius 1 is 1.08 bits per heavy atom. The molecule has 1 saturated heterocycles. The number of ether oxygens (including phenoxy) is 1. The van der Waals surface area contributed by atoms with E-state index in [4.69, 9.17) is 4.74 Å². The van der Waals surface area contributed by atoms with Gasteiger partial charge in [0.15, 0.2) is 15.6 Å². The minimum absolute atomic E-state index is 0.0400. The van der Waals surface area contributed by atoms with Crippen molar-refractivity contribution in [3.63, 3.8) is 0 Å². The van der Waals surface area contributed by atoms with Crippen LogP contribution in [0.25, 0.3) is 0 Å². The molecule has 3 rings (SSSR count). The third-order valence-corrected chi connectivity index (χ3v) is 6.64. The highest BCUT2D eigenvalue weighted by molar-refractivity contribution is 9.10. The van der Waals surface area contributed by atoms with Gasteiger partial charge in [0.25, 0.3) is 0 Å². The fraction of sp³-hybridized carbons (Fsp3) is 0.263. The number of benzene rings is 2. The van der Waals surface area contributed by atoms with E-state index in [1.54, 1.807) is 36.4 Å². The van der Waals surface area contributed by atoms with Gasteiger partial charge in [0, 0.05) is 16.5 Å². The largest absolute Gasteiger partial charge is 0.465 e. The van der Waals surface area contributed by atoms with E-state index < -0.39 is 21.7 Å². The van der Waals surface area contributed by atoms with Crippen LogP contribution in [0.15, 0.2) is 57.9 Å². The number of esters is 1. The van der Waals surface area contributed by atoms with Gasteiger partial charge >= 0.3 is 5.97 Å². The van der Waals surface area contributed by atoms with Crippen LogP contribution in [0.4, 0.5) is 0 Å². The zero-order valence-electron chi connectivity index (χ0n) is 13.9. The summed E-state index contributed by atoms with van der Waals surface area (Å²) < 4.78 is 30.6. The molecular weight excluding hydrogens is 420 g/mol. The first-order valence-corrected chi connectivity index (χ1v) is 10.6. The van der Waals surface area contributed by atoms with Gasteiger partial charge in [0.1, 0.15) is 0 Å². The maximum atomic E-state index is 12.4. The number of hydrogen-bond donors (Lipinski definition) is 0. The molecule has 1 heterocycles. The molecule has 0 saturated carbocycles. The molecule has 1 atom stereocenters. The molecule has 136 valence electrons. The first-order chi connectivity index (χ1) is 12.3. The van der Waals surface area contributed by atoms with Crippen molar-refractivity contribution >= 4 is 37.5 Å². The smallest absolute Gasteiger partial charge is 0.310 e. The Balaban J connectivity index is 1.68. The van der Waals surface area contributed by atoms with Crippen molar-refractivity contribution < 1.29 is 22.7 Å². The molecule has 26 heavy (non-hydrogen) atoms. The Morgan fingerprint density at radius 3 is 2.31 bits per heavy atom. The highest BCUT2D eigenvalue weighted by Crippen LogP contribution is 2.22. The number of Topliss-reactive ketones (excluding diaryl/α,β-unsaturated/α-hetero) is 1. The number of cyclic esters (lactones) is 1. The van der Waals surface area contributed by atoms with Crippen LogP contribution < -0.4 is 0 Å². The summed E-state index contributed by atoms with van der Waals surface area (Å²) in [6, 6.07) is 13.3. The highest BCUT2D eigenvalue weighted by Gasteiger charge is 2.32. The SMILES string of the molecule is O=C(Cc1ccc(S(=O)(=O)C[C@H]2CCOC2=O)cc1)c1ccc(Br)cc1. The van der Waals surface area contributed by atoms with E-state index in [1.165, 1.54) is 12.1 Å². The lowest BCUT2D eigenvalue weighted by atomic mass is 10.0. The fourth-order valence-corrected chi connectivity index (χ4v) is 4.63. The Labute approximate surface area is 160 Å². The van der Waals surface area contributed by atoms with Gasteiger partial charge < -0.3 is 4.74 Å². The van der Waals surface area contributed by atoms with Crippen LogP contribution in [-0.4, -0.2) is 32.5 Å². The Hall–Kier alpha value is -1.99. The van der Waals surface area contributed by atoms with E-state index in [0.29, 0.717) is 12.0 Å². The average molecular weight is 437 g/mol. The van der Waals surface area contributed by atoms with Gasteiger partial charge in [-0.05, 0) is 36.2 Å². The van der Waals surface area contributed by atoms with E-state index in [1.807, 2.05) is 0 Å². The summed E-state index contributed by atoms with van der Waals surface area (Å²) in [5, 5.41) is 0. The molecule has 2 aromatic rings. The van der Waals surface area contributed by atoms with E-state index in [-0.39, 0.29) is 29.5 Å². The Morgan fingerprint density at radius 2 is 1.73 bits per heavy atom. The third-order valence-electron chi connectivity index (χ3n) is 4.28. The van der Waals surface area contributed by atoms with Crippen LogP contribution >= 0.6 is 15.9 Å². The van der Waals surface area contributed by atoms with Crippen LogP contribution in [0, 0.1) is 5.92 Å². The molecule has 7 heteroatoms. The molecule has 0 aliphatic carbocycles. The summed E-state index contributed by atoms with van der Waals surface area (Å²) in [5.74, 6) is -1.34. The predicted octanol–water partition coefficient (Wildman–Crippen LogP) is 3.21. The van der Waals surface area contributed by atoms with Crippen molar-refractivity contribution in [1.82, 2.24) is 0 Å². The number of carbonyl (C=O) groups is 2. The topological polar surface area (TPSA) is 77.5 Å². The normalized spacial score (nSPS) is 17.1. The molecular formula is C19H17BrO5S. The van der Waals surface area contributed by atoms with Crippen LogP contribution in [0.5, 0.6) is 0 Å². The maximum absolute atomic E-state index is 12.4. The average Bonchev–Trinajstić information content (AvgIpc) is 3.00. The molecule has 0 aromatic heterocycles. The molecule has 0 amide bonds. The number of rotatable bonds is 6. The van der Waals surface area contributed by atoms with Crippen LogP contribution in [0.1, 0.15) is 22.3 Å². The van der Waals surface area contributed by atoms with Crippen molar-refractivity contribution in [2.45, 2.75) is 17.7 Å². The number of hydrogen-bond acceptors (Lipinski definition) is 5. The van der Waals surface area contributed by atoms with Crippen LogP contribution in [0.3, 0.4) is 0 Å². The number of halogens is 1. The van der Waals surface area contributed by atoms with Crippen molar-refractivity contribution in [3.8, 4) is 0 Å². The summed E-state index contributed by atoms with van der Waals surface area (Å²) >= 11 is 3.33. The summed E-state index contributed by atoms with van der Waals surface area (Å²) in [7, 11) is -3.57. The van der Waals surface area contributed by atoms with Gasteiger partial charge in [0.05, 0.1) is 23.2 Å². The molecule has 0 bridgehead atoms. The first kappa shape index (κ1) is 18.8. The number of carbonyl (C=O) groups excluding carboxylic acids is 2. The van der Waals surface area contributed by atoms with Crippen molar-refractivity contribution in [1.29, 1.82) is 0 Å². The highest BCUT2D eigenvalue weighted by atomic mass is 79.9. The Bertz CT molecular complexity index is 917. The van der Waals surface area contributed by atoms with E-state index in [2.05, 4.69) is 15.9 Å². The van der Waals surface area contributed by atoms with Crippen LogP contribution in [0.2, 0.25) is 0 Å². The van der Waals surface area contributed by atoms with Gasteiger partial charge in [0.2, 0.25) is 0 Å². The molecule has 0 spiro atoms. The monoisotopic (exact) mass is 436 g/mol. The minimum Gasteiger partial charge on any atom is -0.465 e. The second-order valence-corrected chi connectivity index (χ2v) is 9.14. The predicted molar refractivity (Wildman–Crippen MR) is 99.7 cm³/mol. The lowest BCUT2D eigenvalue weighted by Gasteiger charge is -2.08. The number of ketones is 1. The summed E-state index contributed by atoms with van der Waals surface area (Å²) in [6.07, 6.45) is 0.620. The second kappa shape index (κ2) is 7.72. The van der Waals surface area contributed by atoms with Gasteiger partial charge in [-0.15, -0.1) is 0 Å².